The molecule has 0 spiro atoms. The third-order valence-corrected chi connectivity index (χ3v) is 2.13. The number of hydrogen-bond acceptors (Lipinski definition) is 6. The molecule has 0 radical (unpaired) electrons. The van der Waals surface area contributed by atoms with Crippen molar-refractivity contribution in [1.29, 1.82) is 0 Å². The molecule has 114 valence electrons. The molecule has 0 atom stereocenters. The van der Waals surface area contributed by atoms with Gasteiger partial charge in [0.05, 0.1) is 26.4 Å². The minimum atomic E-state index is -0.642. The van der Waals surface area contributed by atoms with Crippen molar-refractivity contribution in [3.8, 4) is 0 Å². The molecule has 0 heterocycles. The van der Waals surface area contributed by atoms with Crippen LogP contribution in [0, 0.1) is 0 Å². The van der Waals surface area contributed by atoms with Gasteiger partial charge in [0.1, 0.15) is 6.61 Å². The summed E-state index contributed by atoms with van der Waals surface area (Å²) >= 11 is 0. The Bertz CT molecular complexity index is 198. The van der Waals surface area contributed by atoms with Crippen molar-refractivity contribution < 1.29 is 28.5 Å². The van der Waals surface area contributed by atoms with Gasteiger partial charge in [0.25, 0.3) is 0 Å². The Kier molecular flexibility index (Phi) is 14.5. The zero-order valence-corrected chi connectivity index (χ0v) is 12.0. The Hall–Kier alpha value is -0.850. The number of rotatable bonds is 13. The smallest absolute Gasteiger partial charge is 0.434 e. The lowest BCUT2D eigenvalue weighted by Gasteiger charge is -2.07. The average Bonchev–Trinajstić information content (AvgIpc) is 2.42. The lowest BCUT2D eigenvalue weighted by molar-refractivity contribution is 0.0254. The Morgan fingerprint density at radius 1 is 0.684 bits per heavy atom. The molecule has 0 saturated carbocycles. The summed E-state index contributed by atoms with van der Waals surface area (Å²) in [5.41, 5.74) is 0. The summed E-state index contributed by atoms with van der Waals surface area (Å²) in [5, 5.41) is 0. The first kappa shape index (κ1) is 18.1. The van der Waals surface area contributed by atoms with E-state index in [1.807, 2.05) is 13.8 Å². The summed E-state index contributed by atoms with van der Waals surface area (Å²) in [5.74, 6) is 0. The molecule has 0 aromatic heterocycles. The molecular weight excluding hydrogens is 252 g/mol. The molecule has 0 saturated heterocycles. The topological polar surface area (TPSA) is 63.2 Å². The fraction of sp³-hybridized carbons (Fsp3) is 0.923. The molecule has 0 aliphatic rings. The molecule has 0 N–H and O–H groups in total. The minimum Gasteiger partial charge on any atom is -0.434 e. The van der Waals surface area contributed by atoms with E-state index in [2.05, 4.69) is 0 Å². The van der Waals surface area contributed by atoms with E-state index < -0.39 is 6.16 Å². The van der Waals surface area contributed by atoms with E-state index in [0.29, 0.717) is 46.2 Å². The Balaban J connectivity index is 3.10. The highest BCUT2D eigenvalue weighted by molar-refractivity contribution is 5.59. The maximum absolute atomic E-state index is 11.1. The Labute approximate surface area is 115 Å². The van der Waals surface area contributed by atoms with Crippen LogP contribution in [0.25, 0.3) is 0 Å². The standard InChI is InChI=1S/C13H26O6/c1-3-15-9-10-17-7-5-6-8-18-13(14)19-12-11-16-4-2/h3-12H2,1-2H3. The van der Waals surface area contributed by atoms with Crippen molar-refractivity contribution in [3.63, 3.8) is 0 Å². The molecule has 0 amide bonds. The van der Waals surface area contributed by atoms with Crippen LogP contribution < -0.4 is 0 Å². The van der Waals surface area contributed by atoms with E-state index in [9.17, 15) is 4.79 Å². The van der Waals surface area contributed by atoms with Gasteiger partial charge in [0.2, 0.25) is 0 Å². The first-order valence-electron chi connectivity index (χ1n) is 6.84. The van der Waals surface area contributed by atoms with Gasteiger partial charge in [-0.1, -0.05) is 0 Å². The molecule has 0 rings (SSSR count). The second-order valence-electron chi connectivity index (χ2n) is 3.66. The van der Waals surface area contributed by atoms with E-state index in [1.54, 1.807) is 0 Å². The summed E-state index contributed by atoms with van der Waals surface area (Å²) in [6.45, 7) is 8.02. The highest BCUT2D eigenvalue weighted by Gasteiger charge is 2.02. The maximum Gasteiger partial charge on any atom is 0.508 e. The van der Waals surface area contributed by atoms with Crippen LogP contribution >= 0.6 is 0 Å². The number of carbonyl (C=O) groups is 1. The lowest BCUT2D eigenvalue weighted by Crippen LogP contribution is -2.13. The van der Waals surface area contributed by atoms with Gasteiger partial charge in [0, 0.05) is 19.8 Å². The fourth-order valence-corrected chi connectivity index (χ4v) is 1.20. The van der Waals surface area contributed by atoms with Crippen molar-refractivity contribution in [2.45, 2.75) is 26.7 Å². The summed E-state index contributed by atoms with van der Waals surface area (Å²) in [6, 6.07) is 0. The predicted molar refractivity (Wildman–Crippen MR) is 70.3 cm³/mol. The molecule has 0 aromatic rings. The lowest BCUT2D eigenvalue weighted by atomic mass is 10.3. The van der Waals surface area contributed by atoms with Crippen LogP contribution in [-0.2, 0) is 23.7 Å². The van der Waals surface area contributed by atoms with Crippen LogP contribution in [0.1, 0.15) is 26.7 Å². The largest absolute Gasteiger partial charge is 0.508 e. The third-order valence-electron chi connectivity index (χ3n) is 2.13. The van der Waals surface area contributed by atoms with Crippen LogP contribution in [0.5, 0.6) is 0 Å². The molecule has 19 heavy (non-hydrogen) atoms. The van der Waals surface area contributed by atoms with E-state index in [4.69, 9.17) is 23.7 Å². The molecule has 0 bridgehead atoms. The summed E-state index contributed by atoms with van der Waals surface area (Å²) < 4.78 is 25.1. The van der Waals surface area contributed by atoms with Gasteiger partial charge in [-0.05, 0) is 26.7 Å². The van der Waals surface area contributed by atoms with Gasteiger partial charge < -0.3 is 23.7 Å². The summed E-state index contributed by atoms with van der Waals surface area (Å²) in [7, 11) is 0. The van der Waals surface area contributed by atoms with Gasteiger partial charge in [-0.15, -0.1) is 0 Å². The van der Waals surface area contributed by atoms with Crippen LogP contribution in [0.4, 0.5) is 4.79 Å². The van der Waals surface area contributed by atoms with Gasteiger partial charge in [-0.2, -0.15) is 0 Å². The van der Waals surface area contributed by atoms with Crippen LogP contribution in [0.2, 0.25) is 0 Å². The van der Waals surface area contributed by atoms with Gasteiger partial charge in [0.15, 0.2) is 0 Å². The van der Waals surface area contributed by atoms with E-state index in [1.165, 1.54) is 0 Å². The maximum atomic E-state index is 11.1. The summed E-state index contributed by atoms with van der Waals surface area (Å²) in [4.78, 5) is 11.1. The molecule has 0 aliphatic heterocycles. The molecule has 6 nitrogen and oxygen atoms in total. The number of carbonyl (C=O) groups excluding carboxylic acids is 1. The first-order valence-corrected chi connectivity index (χ1v) is 6.84. The first-order chi connectivity index (χ1) is 9.31. The summed E-state index contributed by atoms with van der Waals surface area (Å²) in [6.07, 6.45) is 0.963. The quantitative estimate of drug-likeness (QED) is 0.379. The highest BCUT2D eigenvalue weighted by atomic mass is 16.7. The van der Waals surface area contributed by atoms with Gasteiger partial charge >= 0.3 is 6.16 Å². The molecule has 0 aromatic carbocycles. The second-order valence-corrected chi connectivity index (χ2v) is 3.66. The second kappa shape index (κ2) is 15.2. The van der Waals surface area contributed by atoms with E-state index in [0.717, 1.165) is 12.8 Å². The molecule has 0 fully saturated rings. The Morgan fingerprint density at radius 3 is 1.89 bits per heavy atom. The Morgan fingerprint density at radius 2 is 1.21 bits per heavy atom. The SMILES string of the molecule is CCOCCOCCCCOC(=O)OCCOCC. The highest BCUT2D eigenvalue weighted by Crippen LogP contribution is 1.94. The predicted octanol–water partition coefficient (Wildman–Crippen LogP) is 2.01. The molecule has 0 unspecified atom stereocenters. The van der Waals surface area contributed by atoms with Crippen LogP contribution in [-0.4, -0.2) is 59.0 Å². The van der Waals surface area contributed by atoms with E-state index in [-0.39, 0.29) is 6.61 Å². The zero-order chi connectivity index (χ0) is 14.2. The van der Waals surface area contributed by atoms with Crippen molar-refractivity contribution in [1.82, 2.24) is 0 Å². The normalized spacial score (nSPS) is 10.4. The number of ether oxygens (including phenoxy) is 5. The van der Waals surface area contributed by atoms with Crippen molar-refractivity contribution in [2.75, 3.05) is 52.9 Å². The van der Waals surface area contributed by atoms with Crippen LogP contribution in [0.15, 0.2) is 0 Å². The zero-order valence-electron chi connectivity index (χ0n) is 12.0. The number of unbranched alkanes of at least 4 members (excludes halogenated alkanes) is 1. The molecular formula is C13H26O6. The van der Waals surface area contributed by atoms with Crippen molar-refractivity contribution in [3.05, 3.63) is 0 Å². The number of hydrogen-bond donors (Lipinski definition) is 0. The van der Waals surface area contributed by atoms with E-state index >= 15 is 0 Å². The van der Waals surface area contributed by atoms with Gasteiger partial charge in [-0.25, -0.2) is 4.79 Å². The molecule has 6 heteroatoms. The van der Waals surface area contributed by atoms with Crippen molar-refractivity contribution in [2.24, 2.45) is 0 Å². The molecule has 0 aliphatic carbocycles. The fourth-order valence-electron chi connectivity index (χ4n) is 1.20. The van der Waals surface area contributed by atoms with Crippen LogP contribution in [0.3, 0.4) is 0 Å². The van der Waals surface area contributed by atoms with Gasteiger partial charge in [-0.3, -0.25) is 0 Å². The minimum absolute atomic E-state index is 0.229. The average molecular weight is 278 g/mol. The monoisotopic (exact) mass is 278 g/mol. The van der Waals surface area contributed by atoms with Crippen molar-refractivity contribution >= 4 is 6.16 Å². The third kappa shape index (κ3) is 15.1.